The molecule has 0 spiro atoms. The molecule has 9 heteroatoms. The maximum atomic E-state index is 12.9. The summed E-state index contributed by atoms with van der Waals surface area (Å²) in [5.41, 5.74) is 4.35. The Balaban J connectivity index is 1.12. The van der Waals surface area contributed by atoms with Gasteiger partial charge in [-0.05, 0) is 41.8 Å². The van der Waals surface area contributed by atoms with Gasteiger partial charge in [0.1, 0.15) is 6.26 Å². The van der Waals surface area contributed by atoms with Crippen LogP contribution in [-0.2, 0) is 5.75 Å². The van der Waals surface area contributed by atoms with E-state index in [1.165, 1.54) is 29.2 Å². The maximum Gasteiger partial charge on any atom is 0.273 e. The van der Waals surface area contributed by atoms with E-state index in [1.54, 1.807) is 0 Å². The zero-order valence-electron chi connectivity index (χ0n) is 23.1. The highest BCUT2D eigenvalue weighted by atomic mass is 35.5. The molecule has 0 saturated heterocycles. The number of hydrogen-bond acceptors (Lipinski definition) is 6. The third kappa shape index (κ3) is 6.71. The predicted octanol–water partition coefficient (Wildman–Crippen LogP) is 7.82. The molecule has 0 unspecified atom stereocenters. The molecule has 7 nitrogen and oxygen atoms in total. The quantitative estimate of drug-likeness (QED) is 0.152. The number of rotatable bonds is 11. The fourth-order valence-corrected chi connectivity index (χ4v) is 5.94. The Hall–Kier alpha value is -4.66. The van der Waals surface area contributed by atoms with Crippen LogP contribution in [0.2, 0.25) is 5.02 Å². The molecule has 0 aliphatic carbocycles. The maximum absolute atomic E-state index is 12.9. The third-order valence-corrected chi connectivity index (χ3v) is 8.24. The van der Waals surface area contributed by atoms with Crippen molar-refractivity contribution < 1.29 is 9.21 Å². The highest BCUT2D eigenvalue weighted by Crippen LogP contribution is 2.33. The van der Waals surface area contributed by atoms with Gasteiger partial charge in [-0.25, -0.2) is 4.98 Å². The molecule has 2 heterocycles. The summed E-state index contributed by atoms with van der Waals surface area (Å²) in [6.07, 6.45) is 2.15. The summed E-state index contributed by atoms with van der Waals surface area (Å²) in [6.45, 7) is 0.495. The lowest BCUT2D eigenvalue weighted by molar-refractivity contribution is 0.0947. The van der Waals surface area contributed by atoms with Crippen LogP contribution in [0.3, 0.4) is 0 Å². The van der Waals surface area contributed by atoms with E-state index in [9.17, 15) is 4.79 Å². The van der Waals surface area contributed by atoms with Crippen LogP contribution in [-0.4, -0.2) is 32.2 Å². The van der Waals surface area contributed by atoms with Crippen LogP contribution in [0.25, 0.3) is 17.1 Å². The van der Waals surface area contributed by atoms with E-state index >= 15 is 0 Å². The van der Waals surface area contributed by atoms with Gasteiger partial charge in [-0.3, -0.25) is 9.36 Å². The Morgan fingerprint density at radius 1 is 0.837 bits per heavy atom. The van der Waals surface area contributed by atoms with Gasteiger partial charge in [0.25, 0.3) is 5.91 Å². The van der Waals surface area contributed by atoms with Crippen LogP contribution in [0.4, 0.5) is 0 Å². The molecule has 2 aromatic heterocycles. The highest BCUT2D eigenvalue weighted by molar-refractivity contribution is 7.98. The Kier molecular flexibility index (Phi) is 8.96. The van der Waals surface area contributed by atoms with Gasteiger partial charge in [0.15, 0.2) is 16.7 Å². The second-order valence-corrected chi connectivity index (χ2v) is 11.1. The van der Waals surface area contributed by atoms with E-state index in [0.717, 1.165) is 17.7 Å². The number of benzene rings is 4. The number of amides is 1. The standard InChI is InChI=1S/C34H28ClN5O2S/c35-29-19-11-10-18-28(29)32-38-39-34(40(32)26-16-8-3-9-17-26)43-23-31-37-30(22-42-31)33(41)36-21-20-27(24-12-4-1-5-13-24)25-14-6-2-7-15-25/h1-19,22,27H,20-21,23H2,(H,36,41). The summed E-state index contributed by atoms with van der Waals surface area (Å²) in [5, 5.41) is 13.1. The lowest BCUT2D eigenvalue weighted by atomic mass is 9.88. The summed E-state index contributed by atoms with van der Waals surface area (Å²) < 4.78 is 7.62. The fraction of sp³-hybridized carbons (Fsp3) is 0.118. The minimum atomic E-state index is -0.270. The van der Waals surface area contributed by atoms with Crippen LogP contribution in [0, 0.1) is 0 Å². The summed E-state index contributed by atoms with van der Waals surface area (Å²) >= 11 is 7.91. The van der Waals surface area contributed by atoms with Crippen molar-refractivity contribution in [3.05, 3.63) is 149 Å². The number of nitrogens with zero attached hydrogens (tertiary/aromatic N) is 4. The van der Waals surface area contributed by atoms with E-state index in [0.29, 0.717) is 34.2 Å². The van der Waals surface area contributed by atoms with Crippen molar-refractivity contribution >= 4 is 29.3 Å². The molecule has 6 rings (SSSR count). The molecule has 1 amide bonds. The van der Waals surface area contributed by atoms with Crippen molar-refractivity contribution in [2.75, 3.05) is 6.54 Å². The van der Waals surface area contributed by atoms with Crippen molar-refractivity contribution in [1.29, 1.82) is 0 Å². The topological polar surface area (TPSA) is 85.8 Å². The Morgan fingerprint density at radius 3 is 2.14 bits per heavy atom. The van der Waals surface area contributed by atoms with Crippen LogP contribution in [0.1, 0.15) is 39.8 Å². The highest BCUT2D eigenvalue weighted by Gasteiger charge is 2.20. The number of aromatic nitrogens is 4. The van der Waals surface area contributed by atoms with Crippen LogP contribution >= 0.6 is 23.4 Å². The average Bonchev–Trinajstić information content (AvgIpc) is 3.71. The number of para-hydroxylation sites is 1. The van der Waals surface area contributed by atoms with Crippen molar-refractivity contribution in [3.63, 3.8) is 0 Å². The Morgan fingerprint density at radius 2 is 1.47 bits per heavy atom. The van der Waals surface area contributed by atoms with Crippen LogP contribution in [0.5, 0.6) is 0 Å². The monoisotopic (exact) mass is 605 g/mol. The van der Waals surface area contributed by atoms with Gasteiger partial charge in [0.2, 0.25) is 5.89 Å². The predicted molar refractivity (Wildman–Crippen MR) is 170 cm³/mol. The lowest BCUT2D eigenvalue weighted by Crippen LogP contribution is -2.26. The molecule has 43 heavy (non-hydrogen) atoms. The number of oxazole rings is 1. The van der Waals surface area contributed by atoms with Gasteiger partial charge < -0.3 is 9.73 Å². The second-order valence-electron chi connectivity index (χ2n) is 9.79. The normalized spacial score (nSPS) is 11.1. The SMILES string of the molecule is O=C(NCCC(c1ccccc1)c1ccccc1)c1coc(CSc2nnc(-c3ccccc3Cl)n2-c2ccccc2)n1. The first-order valence-electron chi connectivity index (χ1n) is 13.9. The lowest BCUT2D eigenvalue weighted by Gasteiger charge is -2.18. The van der Waals surface area contributed by atoms with Crippen LogP contribution in [0.15, 0.2) is 131 Å². The van der Waals surface area contributed by atoms with E-state index in [4.69, 9.17) is 16.0 Å². The van der Waals surface area contributed by atoms with Gasteiger partial charge in [-0.1, -0.05) is 114 Å². The molecule has 6 aromatic rings. The molecule has 0 atom stereocenters. The summed E-state index contributed by atoms with van der Waals surface area (Å²) in [6, 6.07) is 38.1. The zero-order chi connectivity index (χ0) is 29.4. The third-order valence-electron chi connectivity index (χ3n) is 6.99. The number of thioether (sulfide) groups is 1. The molecule has 0 aliphatic heterocycles. The van der Waals surface area contributed by atoms with Crippen molar-refractivity contribution in [1.82, 2.24) is 25.1 Å². The first-order chi connectivity index (χ1) is 21.2. The zero-order valence-corrected chi connectivity index (χ0v) is 24.7. The average molecular weight is 606 g/mol. The number of hydrogen-bond donors (Lipinski definition) is 1. The number of halogens is 1. The van der Waals surface area contributed by atoms with Gasteiger partial charge in [-0.15, -0.1) is 10.2 Å². The van der Waals surface area contributed by atoms with Crippen molar-refractivity contribution in [3.8, 4) is 17.1 Å². The summed E-state index contributed by atoms with van der Waals surface area (Å²) in [4.78, 5) is 17.4. The van der Waals surface area contributed by atoms with E-state index in [-0.39, 0.29) is 17.5 Å². The molecule has 214 valence electrons. The molecule has 0 aliphatic rings. The Labute approximate surface area is 259 Å². The second kappa shape index (κ2) is 13.5. The van der Waals surface area contributed by atoms with Gasteiger partial charge in [0, 0.05) is 23.7 Å². The summed E-state index contributed by atoms with van der Waals surface area (Å²) in [7, 11) is 0. The van der Waals surface area contributed by atoms with Crippen molar-refractivity contribution in [2.24, 2.45) is 0 Å². The van der Waals surface area contributed by atoms with Gasteiger partial charge in [0.05, 0.1) is 10.8 Å². The minimum Gasteiger partial charge on any atom is -0.447 e. The molecular weight excluding hydrogens is 578 g/mol. The van der Waals surface area contributed by atoms with E-state index < -0.39 is 0 Å². The Bertz CT molecular complexity index is 1750. The smallest absolute Gasteiger partial charge is 0.273 e. The molecule has 0 radical (unpaired) electrons. The molecule has 0 bridgehead atoms. The first-order valence-corrected chi connectivity index (χ1v) is 15.2. The molecular formula is C34H28ClN5O2S. The largest absolute Gasteiger partial charge is 0.447 e. The minimum absolute atomic E-state index is 0.171. The molecule has 0 fully saturated rings. The van der Waals surface area contributed by atoms with Gasteiger partial charge in [-0.2, -0.15) is 0 Å². The number of nitrogens with one attached hydrogen (secondary N) is 1. The van der Waals surface area contributed by atoms with E-state index in [2.05, 4.69) is 44.8 Å². The fourth-order valence-electron chi connectivity index (χ4n) is 4.92. The number of carbonyl (C=O) groups excluding carboxylic acids is 1. The van der Waals surface area contributed by atoms with Crippen LogP contribution < -0.4 is 5.32 Å². The van der Waals surface area contributed by atoms with Crippen molar-refractivity contribution in [2.45, 2.75) is 23.2 Å². The van der Waals surface area contributed by atoms with Gasteiger partial charge >= 0.3 is 0 Å². The van der Waals surface area contributed by atoms with E-state index in [1.807, 2.05) is 95.6 Å². The number of carbonyl (C=O) groups is 1. The molecule has 1 N–H and O–H groups in total. The first kappa shape index (κ1) is 28.5. The summed E-state index contributed by atoms with van der Waals surface area (Å²) in [5.74, 6) is 1.32. The molecule has 0 saturated carbocycles. The molecule has 4 aromatic carbocycles.